The van der Waals surface area contributed by atoms with E-state index in [0.29, 0.717) is 28.0 Å². The Morgan fingerprint density at radius 1 is 1.09 bits per heavy atom. The van der Waals surface area contributed by atoms with Gasteiger partial charge < -0.3 is 25.3 Å². The second-order valence-electron chi connectivity index (χ2n) is 11.9. The summed E-state index contributed by atoms with van der Waals surface area (Å²) in [5, 5.41) is 5.97. The van der Waals surface area contributed by atoms with Crippen LogP contribution in [0.2, 0.25) is 0 Å². The van der Waals surface area contributed by atoms with Crippen LogP contribution >= 0.6 is 30.3 Å². The molecular formula is C30H30F3N4O6PS2. The molecule has 0 radical (unpaired) electrons. The van der Waals surface area contributed by atoms with Gasteiger partial charge in [0, 0.05) is 23.0 Å². The summed E-state index contributed by atoms with van der Waals surface area (Å²) in [6, 6.07) is 8.48. The number of carbonyl (C=O) groups excluding carboxylic acids is 3. The molecule has 244 valence electrons. The maximum atomic E-state index is 14.3. The molecule has 3 heterocycles. The lowest BCUT2D eigenvalue weighted by molar-refractivity contribution is -0.140. The molecule has 0 aliphatic carbocycles. The molecule has 1 aliphatic heterocycles. The number of anilines is 1. The smallest absolute Gasteiger partial charge is 0.339 e. The highest BCUT2D eigenvalue weighted by Gasteiger charge is 2.50. The Kier molecular flexibility index (Phi) is 9.19. The molecule has 3 amide bonds. The highest BCUT2D eigenvalue weighted by Crippen LogP contribution is 2.59. The summed E-state index contributed by atoms with van der Waals surface area (Å²) in [5.74, 6) is -1.97. The van der Waals surface area contributed by atoms with Gasteiger partial charge in [0.05, 0.1) is 9.75 Å². The van der Waals surface area contributed by atoms with Crippen molar-refractivity contribution in [3.63, 3.8) is 0 Å². The van der Waals surface area contributed by atoms with Gasteiger partial charge in [-0.2, -0.15) is 8.78 Å². The Hall–Kier alpha value is -3.62. The third-order valence-electron chi connectivity index (χ3n) is 7.53. The van der Waals surface area contributed by atoms with Gasteiger partial charge in [0.15, 0.2) is 5.13 Å². The molecule has 16 heteroatoms. The molecule has 4 N–H and O–H groups in total. The van der Waals surface area contributed by atoms with Crippen LogP contribution in [0.5, 0.6) is 0 Å². The summed E-state index contributed by atoms with van der Waals surface area (Å²) in [5.41, 5.74) is -5.47. The molecule has 46 heavy (non-hydrogen) atoms. The molecule has 2 atom stereocenters. The van der Waals surface area contributed by atoms with E-state index in [1.54, 1.807) is 32.9 Å². The van der Waals surface area contributed by atoms with Gasteiger partial charge in [0.25, 0.3) is 5.91 Å². The number of alkyl halides is 2. The number of rotatable bonds is 8. The lowest BCUT2D eigenvalue weighted by atomic mass is 9.85. The van der Waals surface area contributed by atoms with Crippen LogP contribution in [-0.4, -0.2) is 56.0 Å². The number of nitrogens with zero attached hydrogens (tertiary/aromatic N) is 2. The number of likely N-dealkylation sites (tertiary alicyclic amines) is 1. The molecule has 4 aromatic rings. The number of halogens is 3. The van der Waals surface area contributed by atoms with E-state index >= 15 is 0 Å². The Morgan fingerprint density at radius 2 is 1.83 bits per heavy atom. The Bertz CT molecular complexity index is 1870. The van der Waals surface area contributed by atoms with Crippen molar-refractivity contribution in [1.29, 1.82) is 0 Å². The van der Waals surface area contributed by atoms with Gasteiger partial charge in [-0.25, -0.2) is 9.37 Å². The summed E-state index contributed by atoms with van der Waals surface area (Å²) in [6.45, 7) is 5.55. The summed E-state index contributed by atoms with van der Waals surface area (Å²) < 4.78 is 53.9. The summed E-state index contributed by atoms with van der Waals surface area (Å²) in [4.78, 5) is 65.2. The van der Waals surface area contributed by atoms with E-state index in [1.807, 2.05) is 0 Å². The molecule has 10 nitrogen and oxygen atoms in total. The highest BCUT2D eigenvalue weighted by atomic mass is 32.1. The second kappa shape index (κ2) is 12.5. The largest absolute Gasteiger partial charge is 0.399 e. The van der Waals surface area contributed by atoms with E-state index in [9.17, 15) is 32.1 Å². The third-order valence-corrected chi connectivity index (χ3v) is 10.6. The first-order valence-corrected chi connectivity index (χ1v) is 17.3. The molecule has 5 rings (SSSR count). The molecule has 2 unspecified atom stereocenters. The van der Waals surface area contributed by atoms with Crippen molar-refractivity contribution in [1.82, 2.24) is 15.2 Å². The SMILES string of the molecule is CC(C)(C)C(NC(=O)c1cc2cc(C(F)(F)P(=O)(O)O)ccc2s1)C(=O)N1CCCC1C(=O)Nc1ncc(-c2cccc(F)c2)s1. The minimum Gasteiger partial charge on any atom is -0.339 e. The summed E-state index contributed by atoms with van der Waals surface area (Å²) in [7, 11) is -5.78. The van der Waals surface area contributed by atoms with Gasteiger partial charge in [-0.15, -0.1) is 11.3 Å². The average Bonchev–Trinajstić information content (AvgIpc) is 3.73. The zero-order valence-electron chi connectivity index (χ0n) is 24.8. The van der Waals surface area contributed by atoms with E-state index in [2.05, 4.69) is 15.6 Å². The molecule has 2 aromatic carbocycles. The standard InChI is InChI=1S/C30H30F3N4O6PS2/c1-29(2,3)24(35-26(39)22-14-17-12-18(9-10-21(17)45-22)30(32,33)44(41,42)43)27(40)37-11-5-8-20(37)25(38)36-28-34-15-23(46-28)16-6-4-7-19(31)13-16/h4,6-7,9-10,12-15,20,24H,5,8,11H2,1-3H3,(H,35,39)(H,34,36,38)(H2,41,42,43). The van der Waals surface area contributed by atoms with Gasteiger partial charge >= 0.3 is 13.3 Å². The number of nitrogens with one attached hydrogen (secondary N) is 2. The van der Waals surface area contributed by atoms with Crippen LogP contribution in [-0.2, 0) is 19.8 Å². The maximum Gasteiger partial charge on any atom is 0.399 e. The minimum atomic E-state index is -5.78. The molecule has 0 spiro atoms. The number of aromatic nitrogens is 1. The molecule has 1 fully saturated rings. The van der Waals surface area contributed by atoms with Crippen molar-refractivity contribution < 1.29 is 41.9 Å². The zero-order chi connectivity index (χ0) is 33.6. The van der Waals surface area contributed by atoms with Crippen LogP contribution in [0, 0.1) is 11.2 Å². The Labute approximate surface area is 269 Å². The van der Waals surface area contributed by atoms with Crippen molar-refractivity contribution in [2.45, 2.75) is 51.4 Å². The van der Waals surface area contributed by atoms with Crippen molar-refractivity contribution >= 4 is 63.2 Å². The van der Waals surface area contributed by atoms with Crippen LogP contribution in [0.3, 0.4) is 0 Å². The fraction of sp³-hybridized carbons (Fsp3) is 0.333. The third kappa shape index (κ3) is 6.88. The van der Waals surface area contributed by atoms with Crippen LogP contribution in [0.1, 0.15) is 48.8 Å². The Balaban J connectivity index is 1.31. The highest BCUT2D eigenvalue weighted by molar-refractivity contribution is 7.52. The number of carbonyl (C=O) groups is 3. The first kappa shape index (κ1) is 33.7. The lowest BCUT2D eigenvalue weighted by Gasteiger charge is -2.35. The Morgan fingerprint density at radius 3 is 2.50 bits per heavy atom. The van der Waals surface area contributed by atoms with Crippen LogP contribution < -0.4 is 10.6 Å². The number of thiophene rings is 1. The van der Waals surface area contributed by atoms with Gasteiger partial charge in [0.2, 0.25) is 11.8 Å². The summed E-state index contributed by atoms with van der Waals surface area (Å²) in [6.07, 6.45) is 2.47. The number of benzene rings is 2. The fourth-order valence-corrected chi connectivity index (χ4v) is 7.36. The van der Waals surface area contributed by atoms with E-state index in [4.69, 9.17) is 9.79 Å². The molecule has 0 bridgehead atoms. The van der Waals surface area contributed by atoms with E-state index in [-0.39, 0.29) is 21.9 Å². The van der Waals surface area contributed by atoms with Gasteiger partial charge in [0.1, 0.15) is 17.9 Å². The monoisotopic (exact) mass is 694 g/mol. The van der Waals surface area contributed by atoms with Gasteiger partial charge in [-0.3, -0.25) is 18.9 Å². The minimum absolute atomic E-state index is 0.0993. The average molecular weight is 695 g/mol. The normalized spacial score (nSPS) is 16.4. The van der Waals surface area contributed by atoms with Crippen molar-refractivity contribution in [2.75, 3.05) is 11.9 Å². The van der Waals surface area contributed by atoms with Gasteiger partial charge in [-0.1, -0.05) is 50.3 Å². The number of amides is 3. The molecule has 1 aliphatic rings. The van der Waals surface area contributed by atoms with Crippen molar-refractivity contribution in [2.24, 2.45) is 5.41 Å². The van der Waals surface area contributed by atoms with Crippen molar-refractivity contribution in [3.05, 3.63) is 71.0 Å². The quantitative estimate of drug-likeness (QED) is 0.161. The maximum absolute atomic E-state index is 14.3. The number of fused-ring (bicyclic) bond motifs is 1. The van der Waals surface area contributed by atoms with E-state index < -0.39 is 59.9 Å². The molecule has 1 saturated heterocycles. The predicted octanol–water partition coefficient (Wildman–Crippen LogP) is 6.17. The van der Waals surface area contributed by atoms with E-state index in [0.717, 1.165) is 34.8 Å². The number of hydrogen-bond acceptors (Lipinski definition) is 7. The molecule has 2 aromatic heterocycles. The lowest BCUT2D eigenvalue weighted by Crippen LogP contribution is -2.57. The van der Waals surface area contributed by atoms with Gasteiger partial charge in [-0.05, 0) is 59.5 Å². The molecular weight excluding hydrogens is 664 g/mol. The topological polar surface area (TPSA) is 149 Å². The summed E-state index contributed by atoms with van der Waals surface area (Å²) >= 11 is 2.13. The van der Waals surface area contributed by atoms with Crippen LogP contribution in [0.15, 0.2) is 54.7 Å². The predicted molar refractivity (Wildman–Crippen MR) is 169 cm³/mol. The zero-order valence-corrected chi connectivity index (χ0v) is 27.3. The van der Waals surface area contributed by atoms with Crippen LogP contribution in [0.4, 0.5) is 18.3 Å². The first-order chi connectivity index (χ1) is 21.5. The number of hydrogen-bond donors (Lipinski definition) is 4. The molecule has 0 saturated carbocycles. The fourth-order valence-electron chi connectivity index (χ4n) is 5.13. The second-order valence-corrected chi connectivity index (χ2v) is 15.7. The van der Waals surface area contributed by atoms with E-state index in [1.165, 1.54) is 35.4 Å². The van der Waals surface area contributed by atoms with Crippen molar-refractivity contribution in [3.8, 4) is 10.4 Å². The van der Waals surface area contributed by atoms with Crippen LogP contribution in [0.25, 0.3) is 20.5 Å². The first-order valence-electron chi connectivity index (χ1n) is 14.1. The number of thiazole rings is 1.